The first kappa shape index (κ1) is 16.9. The molecular weight excluding hydrogens is 302 g/mol. The zero-order valence-electron chi connectivity index (χ0n) is 14.3. The Morgan fingerprint density at radius 3 is 2.58 bits per heavy atom. The summed E-state index contributed by atoms with van der Waals surface area (Å²) in [6.45, 7) is 2.64. The van der Waals surface area contributed by atoms with Gasteiger partial charge in [0.05, 0.1) is 6.54 Å². The van der Waals surface area contributed by atoms with E-state index in [0.29, 0.717) is 12.3 Å². The molecule has 2 fully saturated rings. The highest BCUT2D eigenvalue weighted by atomic mass is 16.2. The minimum absolute atomic E-state index is 0.118. The zero-order chi connectivity index (χ0) is 16.8. The van der Waals surface area contributed by atoms with Crippen LogP contribution in [-0.2, 0) is 16.0 Å². The largest absolute Gasteiger partial charge is 0.341 e. The Balaban J connectivity index is 1.45. The van der Waals surface area contributed by atoms with Gasteiger partial charge in [0.15, 0.2) is 0 Å². The molecule has 2 amide bonds. The van der Waals surface area contributed by atoms with Crippen LogP contribution in [0.25, 0.3) is 0 Å². The minimum Gasteiger partial charge on any atom is -0.341 e. The summed E-state index contributed by atoms with van der Waals surface area (Å²) in [5.74, 6) is 0.900. The van der Waals surface area contributed by atoms with E-state index in [0.717, 1.165) is 58.2 Å². The number of piperidine rings is 1. The lowest BCUT2D eigenvalue weighted by atomic mass is 9.90. The number of carbonyl (C=O) groups excluding carboxylic acids is 2. The van der Waals surface area contributed by atoms with Crippen molar-refractivity contribution >= 4 is 11.8 Å². The van der Waals surface area contributed by atoms with Gasteiger partial charge in [-0.15, -0.1) is 0 Å². The van der Waals surface area contributed by atoms with Gasteiger partial charge in [-0.2, -0.15) is 0 Å². The number of rotatable bonds is 4. The molecule has 0 spiro atoms. The predicted molar refractivity (Wildman–Crippen MR) is 92.3 cm³/mol. The summed E-state index contributed by atoms with van der Waals surface area (Å²) in [5.41, 5.74) is 1.32. The van der Waals surface area contributed by atoms with Gasteiger partial charge >= 0.3 is 0 Å². The molecule has 0 aromatic carbocycles. The average Bonchev–Trinajstić information content (AvgIpc) is 2.81. The van der Waals surface area contributed by atoms with Crippen LogP contribution in [-0.4, -0.2) is 52.8 Å². The van der Waals surface area contributed by atoms with Crippen LogP contribution < -0.4 is 0 Å². The molecule has 130 valence electrons. The van der Waals surface area contributed by atoms with Gasteiger partial charge in [-0.1, -0.05) is 6.42 Å². The molecule has 0 aliphatic carbocycles. The van der Waals surface area contributed by atoms with Crippen molar-refractivity contribution in [2.75, 3.05) is 26.2 Å². The maximum Gasteiger partial charge on any atom is 0.242 e. The Morgan fingerprint density at radius 1 is 1.08 bits per heavy atom. The van der Waals surface area contributed by atoms with Gasteiger partial charge in [0.1, 0.15) is 0 Å². The number of pyridine rings is 1. The zero-order valence-corrected chi connectivity index (χ0v) is 14.3. The van der Waals surface area contributed by atoms with Crippen molar-refractivity contribution in [1.82, 2.24) is 14.8 Å². The van der Waals surface area contributed by atoms with Crippen LogP contribution in [0.15, 0.2) is 24.5 Å². The van der Waals surface area contributed by atoms with E-state index in [4.69, 9.17) is 0 Å². The van der Waals surface area contributed by atoms with Crippen LogP contribution >= 0.6 is 0 Å². The smallest absolute Gasteiger partial charge is 0.242 e. The van der Waals surface area contributed by atoms with Crippen LogP contribution in [0.4, 0.5) is 0 Å². The Bertz CT molecular complexity index is 553. The fourth-order valence-corrected chi connectivity index (χ4v) is 3.71. The molecule has 2 aliphatic heterocycles. The molecule has 2 aliphatic rings. The third-order valence-corrected chi connectivity index (χ3v) is 5.24. The first-order valence-corrected chi connectivity index (χ1v) is 9.17. The average molecular weight is 329 g/mol. The lowest BCUT2D eigenvalue weighted by Gasteiger charge is -2.33. The Hall–Kier alpha value is -1.91. The van der Waals surface area contributed by atoms with Crippen molar-refractivity contribution in [3.63, 3.8) is 0 Å². The molecule has 0 N–H and O–H groups in total. The maximum atomic E-state index is 12.5. The predicted octanol–water partition coefficient (Wildman–Crippen LogP) is 2.27. The van der Waals surface area contributed by atoms with Crippen LogP contribution in [0.3, 0.4) is 0 Å². The SMILES string of the molecule is O=C(CN1CCCCCC1=O)N1CCC(Cc2ccncc2)CC1. The van der Waals surface area contributed by atoms with Crippen molar-refractivity contribution in [3.8, 4) is 0 Å². The van der Waals surface area contributed by atoms with E-state index in [1.54, 1.807) is 4.90 Å². The van der Waals surface area contributed by atoms with E-state index < -0.39 is 0 Å². The fraction of sp³-hybridized carbons (Fsp3) is 0.632. The molecule has 5 heteroatoms. The monoisotopic (exact) mass is 329 g/mol. The van der Waals surface area contributed by atoms with Gasteiger partial charge in [0.25, 0.3) is 0 Å². The van der Waals surface area contributed by atoms with Crippen molar-refractivity contribution in [2.45, 2.75) is 44.9 Å². The summed E-state index contributed by atoms with van der Waals surface area (Å²) in [4.78, 5) is 32.3. The normalized spacial score (nSPS) is 20.1. The standard InChI is InChI=1S/C19H27N3O2/c23-18-4-2-1-3-11-22(18)15-19(24)21-12-7-17(8-13-21)14-16-5-9-20-10-6-16/h5-6,9-10,17H,1-4,7-8,11-15H2. The van der Waals surface area contributed by atoms with Crippen molar-refractivity contribution in [2.24, 2.45) is 5.92 Å². The van der Waals surface area contributed by atoms with E-state index in [1.807, 2.05) is 17.3 Å². The summed E-state index contributed by atoms with van der Waals surface area (Å²) in [6.07, 6.45) is 10.5. The number of carbonyl (C=O) groups is 2. The van der Waals surface area contributed by atoms with Gasteiger partial charge < -0.3 is 9.80 Å². The van der Waals surface area contributed by atoms with Crippen LogP contribution in [0.2, 0.25) is 0 Å². The summed E-state index contributed by atoms with van der Waals surface area (Å²) in [7, 11) is 0. The van der Waals surface area contributed by atoms with Gasteiger partial charge in [-0.05, 0) is 55.7 Å². The van der Waals surface area contributed by atoms with Crippen molar-refractivity contribution < 1.29 is 9.59 Å². The van der Waals surface area contributed by atoms with Gasteiger partial charge in [0, 0.05) is 38.4 Å². The highest BCUT2D eigenvalue weighted by Crippen LogP contribution is 2.22. The molecule has 24 heavy (non-hydrogen) atoms. The Kier molecular flexibility index (Phi) is 5.83. The van der Waals surface area contributed by atoms with Gasteiger partial charge in [-0.25, -0.2) is 0 Å². The lowest BCUT2D eigenvalue weighted by molar-refractivity contribution is -0.141. The summed E-state index contributed by atoms with van der Waals surface area (Å²) < 4.78 is 0. The molecule has 1 aromatic heterocycles. The van der Waals surface area contributed by atoms with E-state index in [-0.39, 0.29) is 18.4 Å². The number of hydrogen-bond donors (Lipinski definition) is 0. The van der Waals surface area contributed by atoms with Crippen molar-refractivity contribution in [3.05, 3.63) is 30.1 Å². The fourth-order valence-electron chi connectivity index (χ4n) is 3.71. The summed E-state index contributed by atoms with van der Waals surface area (Å²) in [6, 6.07) is 4.14. The minimum atomic E-state index is 0.118. The molecule has 3 heterocycles. The lowest BCUT2D eigenvalue weighted by Crippen LogP contribution is -2.45. The quantitative estimate of drug-likeness (QED) is 0.851. The van der Waals surface area contributed by atoms with E-state index >= 15 is 0 Å². The highest BCUT2D eigenvalue weighted by molar-refractivity contribution is 5.85. The van der Waals surface area contributed by atoms with E-state index in [2.05, 4.69) is 17.1 Å². The summed E-state index contributed by atoms with van der Waals surface area (Å²) in [5, 5.41) is 0. The van der Waals surface area contributed by atoms with E-state index in [1.165, 1.54) is 5.56 Å². The molecule has 0 saturated carbocycles. The topological polar surface area (TPSA) is 53.5 Å². The molecule has 3 rings (SSSR count). The third-order valence-electron chi connectivity index (χ3n) is 5.24. The third kappa shape index (κ3) is 4.56. The number of likely N-dealkylation sites (tertiary alicyclic amines) is 2. The molecule has 0 atom stereocenters. The van der Waals surface area contributed by atoms with Crippen LogP contribution in [0.1, 0.15) is 44.1 Å². The maximum absolute atomic E-state index is 12.5. The van der Waals surface area contributed by atoms with Gasteiger partial charge in [-0.3, -0.25) is 14.6 Å². The first-order chi connectivity index (χ1) is 11.7. The second kappa shape index (κ2) is 8.27. The summed E-state index contributed by atoms with van der Waals surface area (Å²) >= 11 is 0. The Morgan fingerprint density at radius 2 is 1.83 bits per heavy atom. The molecule has 1 aromatic rings. The van der Waals surface area contributed by atoms with Crippen LogP contribution in [0, 0.1) is 5.92 Å². The molecule has 5 nitrogen and oxygen atoms in total. The second-order valence-electron chi connectivity index (χ2n) is 7.01. The molecule has 0 unspecified atom stereocenters. The number of nitrogens with zero attached hydrogens (tertiary/aromatic N) is 3. The molecule has 0 bridgehead atoms. The molecule has 2 saturated heterocycles. The second-order valence-corrected chi connectivity index (χ2v) is 7.01. The number of hydrogen-bond acceptors (Lipinski definition) is 3. The van der Waals surface area contributed by atoms with Crippen LogP contribution in [0.5, 0.6) is 0 Å². The molecular formula is C19H27N3O2. The van der Waals surface area contributed by atoms with E-state index in [9.17, 15) is 9.59 Å². The number of aromatic nitrogens is 1. The first-order valence-electron chi connectivity index (χ1n) is 9.17. The Labute approximate surface area is 144 Å². The van der Waals surface area contributed by atoms with Crippen molar-refractivity contribution in [1.29, 1.82) is 0 Å². The highest BCUT2D eigenvalue weighted by Gasteiger charge is 2.26. The molecule has 0 radical (unpaired) electrons. The number of amides is 2. The van der Waals surface area contributed by atoms with Gasteiger partial charge in [0.2, 0.25) is 11.8 Å².